The number of imidazole rings is 1. The highest BCUT2D eigenvalue weighted by molar-refractivity contribution is 5.94. The van der Waals surface area contributed by atoms with Crippen molar-refractivity contribution in [1.29, 1.82) is 0 Å². The van der Waals surface area contributed by atoms with Crippen molar-refractivity contribution in [2.24, 2.45) is 5.92 Å². The predicted octanol–water partition coefficient (Wildman–Crippen LogP) is 5.32. The normalized spacial score (nSPS) is 14.9. The summed E-state index contributed by atoms with van der Waals surface area (Å²) in [6.07, 6.45) is 3.24. The number of piperidine rings is 1. The largest absolute Gasteiger partial charge is 0.339 e. The zero-order valence-electron chi connectivity index (χ0n) is 16.9. The molecule has 1 fully saturated rings. The van der Waals surface area contributed by atoms with Crippen LogP contribution < -0.4 is 0 Å². The molecule has 1 amide bonds. The Balaban J connectivity index is 1.22. The summed E-state index contributed by atoms with van der Waals surface area (Å²) < 4.78 is 0. The lowest BCUT2D eigenvalue weighted by molar-refractivity contribution is 0.0690. The molecule has 0 aliphatic carbocycles. The van der Waals surface area contributed by atoms with E-state index in [0.29, 0.717) is 5.92 Å². The third-order valence-corrected chi connectivity index (χ3v) is 6.06. The molecule has 3 aromatic carbocycles. The molecule has 0 spiro atoms. The first-order chi connectivity index (χ1) is 14.8. The molecule has 1 N–H and O–H groups in total. The summed E-state index contributed by atoms with van der Waals surface area (Å²) in [5.74, 6) is 1.62. The lowest BCUT2D eigenvalue weighted by Gasteiger charge is -2.32. The van der Waals surface area contributed by atoms with Gasteiger partial charge >= 0.3 is 0 Å². The summed E-state index contributed by atoms with van der Waals surface area (Å²) in [6.45, 7) is 1.67. The highest BCUT2D eigenvalue weighted by Crippen LogP contribution is 2.24. The number of nitrogens with one attached hydrogen (secondary N) is 1. The summed E-state index contributed by atoms with van der Waals surface area (Å²) in [5, 5.41) is 0. The van der Waals surface area contributed by atoms with E-state index in [4.69, 9.17) is 0 Å². The molecule has 4 heteroatoms. The minimum Gasteiger partial charge on any atom is -0.339 e. The van der Waals surface area contributed by atoms with Crippen molar-refractivity contribution < 1.29 is 4.79 Å². The van der Waals surface area contributed by atoms with Crippen LogP contribution in [0.25, 0.3) is 22.4 Å². The number of nitrogens with zero attached hydrogens (tertiary/aromatic N) is 2. The van der Waals surface area contributed by atoms with Gasteiger partial charge in [-0.15, -0.1) is 0 Å². The van der Waals surface area contributed by atoms with E-state index in [2.05, 4.69) is 40.3 Å². The maximum absolute atomic E-state index is 13.0. The Bertz CT molecular complexity index is 1110. The van der Waals surface area contributed by atoms with Gasteiger partial charge in [-0.25, -0.2) is 4.98 Å². The first-order valence-corrected chi connectivity index (χ1v) is 10.6. The second kappa shape index (κ2) is 8.15. The van der Waals surface area contributed by atoms with E-state index in [0.717, 1.165) is 60.3 Å². The maximum Gasteiger partial charge on any atom is 0.253 e. The third-order valence-electron chi connectivity index (χ3n) is 6.06. The molecule has 0 unspecified atom stereocenters. The highest BCUT2D eigenvalue weighted by atomic mass is 16.2. The second-order valence-corrected chi connectivity index (χ2v) is 8.11. The number of aromatic nitrogens is 2. The van der Waals surface area contributed by atoms with Crippen LogP contribution in [0.15, 0.2) is 78.9 Å². The fourth-order valence-electron chi connectivity index (χ4n) is 4.33. The lowest BCUT2D eigenvalue weighted by Crippen LogP contribution is -2.38. The second-order valence-electron chi connectivity index (χ2n) is 8.11. The summed E-state index contributed by atoms with van der Waals surface area (Å²) in [5.41, 5.74) is 5.10. The number of carbonyl (C=O) groups is 1. The Hall–Kier alpha value is -3.40. The first-order valence-electron chi connectivity index (χ1n) is 10.6. The molecule has 0 atom stereocenters. The fourth-order valence-corrected chi connectivity index (χ4v) is 4.33. The van der Waals surface area contributed by atoms with Crippen molar-refractivity contribution in [1.82, 2.24) is 14.9 Å². The number of rotatable bonds is 4. The molecule has 1 aliphatic rings. The van der Waals surface area contributed by atoms with E-state index in [9.17, 15) is 4.79 Å². The molecule has 0 bridgehead atoms. The smallest absolute Gasteiger partial charge is 0.253 e. The van der Waals surface area contributed by atoms with Crippen molar-refractivity contribution in [3.63, 3.8) is 0 Å². The van der Waals surface area contributed by atoms with E-state index in [-0.39, 0.29) is 5.91 Å². The van der Waals surface area contributed by atoms with E-state index in [1.165, 1.54) is 5.56 Å². The predicted molar refractivity (Wildman–Crippen MR) is 120 cm³/mol. The van der Waals surface area contributed by atoms with E-state index in [1.807, 2.05) is 53.4 Å². The van der Waals surface area contributed by atoms with Crippen LogP contribution in [0.2, 0.25) is 0 Å². The van der Waals surface area contributed by atoms with Crippen LogP contribution in [-0.4, -0.2) is 33.9 Å². The number of H-pyrrole nitrogens is 1. The number of hydrogen-bond donors (Lipinski definition) is 1. The minimum atomic E-state index is 0.129. The van der Waals surface area contributed by atoms with Crippen molar-refractivity contribution in [2.45, 2.75) is 19.3 Å². The molecule has 0 saturated carbocycles. The fraction of sp³-hybridized carbons (Fsp3) is 0.231. The molecule has 30 heavy (non-hydrogen) atoms. The van der Waals surface area contributed by atoms with Gasteiger partial charge in [0, 0.05) is 24.2 Å². The minimum absolute atomic E-state index is 0.129. The Morgan fingerprint density at radius 3 is 2.33 bits per heavy atom. The average molecular weight is 396 g/mol. The van der Waals surface area contributed by atoms with Crippen LogP contribution in [0, 0.1) is 5.92 Å². The number of aromatic amines is 1. The van der Waals surface area contributed by atoms with E-state index in [1.54, 1.807) is 0 Å². The van der Waals surface area contributed by atoms with Gasteiger partial charge in [-0.2, -0.15) is 0 Å². The van der Waals surface area contributed by atoms with Crippen molar-refractivity contribution in [3.05, 3.63) is 90.0 Å². The van der Waals surface area contributed by atoms with Crippen LogP contribution in [0.5, 0.6) is 0 Å². The molecular formula is C26H25N3O. The zero-order chi connectivity index (χ0) is 20.3. The van der Waals surface area contributed by atoms with Gasteiger partial charge in [-0.3, -0.25) is 4.79 Å². The lowest BCUT2D eigenvalue weighted by atomic mass is 9.90. The third kappa shape index (κ3) is 3.86. The van der Waals surface area contributed by atoms with Crippen LogP contribution in [-0.2, 0) is 6.42 Å². The summed E-state index contributed by atoms with van der Waals surface area (Å²) in [6, 6.07) is 26.4. The van der Waals surface area contributed by atoms with Gasteiger partial charge in [-0.05, 0) is 55.0 Å². The van der Waals surface area contributed by atoms with Gasteiger partial charge in [0.05, 0.1) is 11.0 Å². The molecule has 4 nitrogen and oxygen atoms in total. The maximum atomic E-state index is 13.0. The Labute approximate surface area is 176 Å². The Morgan fingerprint density at radius 1 is 0.900 bits per heavy atom. The molecule has 2 heterocycles. The van der Waals surface area contributed by atoms with Gasteiger partial charge in [0.2, 0.25) is 0 Å². The first kappa shape index (κ1) is 18.6. The van der Waals surface area contributed by atoms with Crippen LogP contribution >= 0.6 is 0 Å². The number of carbonyl (C=O) groups excluding carboxylic acids is 1. The van der Waals surface area contributed by atoms with Crippen LogP contribution in [0.4, 0.5) is 0 Å². The number of para-hydroxylation sites is 2. The molecule has 1 aliphatic heterocycles. The van der Waals surface area contributed by atoms with Crippen molar-refractivity contribution in [2.75, 3.05) is 13.1 Å². The van der Waals surface area contributed by atoms with Gasteiger partial charge in [0.1, 0.15) is 5.82 Å². The molecule has 1 aromatic heterocycles. The quantitative estimate of drug-likeness (QED) is 0.508. The summed E-state index contributed by atoms with van der Waals surface area (Å²) in [7, 11) is 0. The zero-order valence-corrected chi connectivity index (χ0v) is 16.9. The molecule has 4 aromatic rings. The Morgan fingerprint density at radius 2 is 1.60 bits per heavy atom. The summed E-state index contributed by atoms with van der Waals surface area (Å²) in [4.78, 5) is 22.9. The van der Waals surface area contributed by atoms with Crippen LogP contribution in [0.3, 0.4) is 0 Å². The SMILES string of the molecule is O=C(c1ccc(-c2nc3ccccc3[nH]2)cc1)N1CCC(Cc2ccccc2)CC1. The molecule has 5 rings (SSSR count). The van der Waals surface area contributed by atoms with Crippen LogP contribution in [0.1, 0.15) is 28.8 Å². The molecule has 1 saturated heterocycles. The number of benzene rings is 3. The molecular weight excluding hydrogens is 370 g/mol. The number of amides is 1. The van der Waals surface area contributed by atoms with E-state index >= 15 is 0 Å². The monoisotopic (exact) mass is 395 g/mol. The Kier molecular flexibility index (Phi) is 5.06. The van der Waals surface area contributed by atoms with Gasteiger partial charge in [0.25, 0.3) is 5.91 Å². The molecule has 0 radical (unpaired) electrons. The highest BCUT2D eigenvalue weighted by Gasteiger charge is 2.23. The van der Waals surface area contributed by atoms with Gasteiger partial charge < -0.3 is 9.88 Å². The molecule has 150 valence electrons. The van der Waals surface area contributed by atoms with Gasteiger partial charge in [0.15, 0.2) is 0 Å². The number of fused-ring (bicyclic) bond motifs is 1. The summed E-state index contributed by atoms with van der Waals surface area (Å²) >= 11 is 0. The average Bonchev–Trinajstić information content (AvgIpc) is 3.24. The van der Waals surface area contributed by atoms with Crippen molar-refractivity contribution >= 4 is 16.9 Å². The topological polar surface area (TPSA) is 49.0 Å². The number of hydrogen-bond acceptors (Lipinski definition) is 2. The number of likely N-dealkylation sites (tertiary alicyclic amines) is 1. The van der Waals surface area contributed by atoms with Gasteiger partial charge in [-0.1, -0.05) is 54.6 Å². The van der Waals surface area contributed by atoms with E-state index < -0.39 is 0 Å². The standard InChI is InChI=1S/C26H25N3O/c30-26(29-16-14-20(15-17-29)18-19-6-2-1-3-7-19)22-12-10-21(11-13-22)25-27-23-8-4-5-9-24(23)28-25/h1-13,20H,14-18H2,(H,27,28). The van der Waals surface area contributed by atoms with Crippen molar-refractivity contribution in [3.8, 4) is 11.4 Å².